The summed E-state index contributed by atoms with van der Waals surface area (Å²) in [6.45, 7) is 0. The van der Waals surface area contributed by atoms with E-state index >= 15 is 0 Å². The largest absolute Gasteiger partial charge is 0.496 e. The lowest BCUT2D eigenvalue weighted by atomic mass is 10.1. The van der Waals surface area contributed by atoms with E-state index in [9.17, 15) is 9.59 Å². The lowest BCUT2D eigenvalue weighted by Gasteiger charge is -2.08. The first-order valence-corrected chi connectivity index (χ1v) is 7.26. The Kier molecular flexibility index (Phi) is 3.77. The van der Waals surface area contributed by atoms with Gasteiger partial charge in [-0.05, 0) is 30.3 Å². The monoisotopic (exact) mass is 358 g/mol. The van der Waals surface area contributed by atoms with Crippen LogP contribution in [0.2, 0.25) is 0 Å². The average Bonchev–Trinajstić information content (AvgIpc) is 2.77. The molecule has 0 spiro atoms. The first kappa shape index (κ1) is 14.5. The molecule has 1 aliphatic heterocycles. The molecule has 0 radical (unpaired) electrons. The molecule has 0 unspecified atom stereocenters. The predicted octanol–water partition coefficient (Wildman–Crippen LogP) is 3.09. The highest BCUT2D eigenvalue weighted by molar-refractivity contribution is 9.10. The number of carbonyl (C=O) groups is 2. The number of hydrogen-bond donors (Lipinski definition) is 0. The summed E-state index contributed by atoms with van der Waals surface area (Å²) in [4.78, 5) is 24.4. The molecular weight excluding hydrogens is 348 g/mol. The Morgan fingerprint density at radius 2 is 1.73 bits per heavy atom. The van der Waals surface area contributed by atoms with Gasteiger partial charge in [0.15, 0.2) is 0 Å². The highest BCUT2D eigenvalue weighted by Crippen LogP contribution is 2.24. The first-order valence-electron chi connectivity index (χ1n) is 6.47. The van der Waals surface area contributed by atoms with Gasteiger partial charge in [-0.1, -0.05) is 28.1 Å². The van der Waals surface area contributed by atoms with Gasteiger partial charge in [-0.25, -0.2) is 0 Å². The van der Waals surface area contributed by atoms with E-state index in [-0.39, 0.29) is 0 Å². The molecule has 5 nitrogen and oxygen atoms in total. The van der Waals surface area contributed by atoms with Crippen molar-refractivity contribution in [2.45, 2.75) is 0 Å². The average molecular weight is 359 g/mol. The maximum absolute atomic E-state index is 12.2. The van der Waals surface area contributed by atoms with Crippen molar-refractivity contribution in [3.8, 4) is 5.75 Å². The third-order valence-corrected chi connectivity index (χ3v) is 3.77. The van der Waals surface area contributed by atoms with Gasteiger partial charge in [-0.2, -0.15) is 10.1 Å². The fraction of sp³-hybridized carbons (Fsp3) is 0.0625. The molecule has 2 aromatic rings. The molecule has 0 N–H and O–H groups in total. The summed E-state index contributed by atoms with van der Waals surface area (Å²) in [5, 5.41) is 4.89. The molecule has 6 heteroatoms. The van der Waals surface area contributed by atoms with Gasteiger partial charge in [-0.15, -0.1) is 0 Å². The topological polar surface area (TPSA) is 59.0 Å². The number of ether oxygens (including phenoxy) is 1. The fourth-order valence-electron chi connectivity index (χ4n) is 2.21. The SMILES string of the molecule is COc1ccc(Br)cc1C=NN1C(=O)c2ccccc2C1=O. The quantitative estimate of drug-likeness (QED) is 0.625. The number of amides is 2. The number of hydrazone groups is 1. The van der Waals surface area contributed by atoms with Gasteiger partial charge in [0.1, 0.15) is 5.75 Å². The van der Waals surface area contributed by atoms with Crippen LogP contribution in [0.25, 0.3) is 0 Å². The Hall–Kier alpha value is -2.47. The van der Waals surface area contributed by atoms with Crippen LogP contribution in [-0.4, -0.2) is 30.1 Å². The second-order valence-corrected chi connectivity index (χ2v) is 5.51. The van der Waals surface area contributed by atoms with E-state index in [1.165, 1.54) is 6.21 Å². The summed E-state index contributed by atoms with van der Waals surface area (Å²) in [6.07, 6.45) is 1.44. The number of hydrogen-bond acceptors (Lipinski definition) is 4. The van der Waals surface area contributed by atoms with Crippen LogP contribution in [0.3, 0.4) is 0 Å². The molecular formula is C16H11BrN2O3. The number of halogens is 1. The van der Waals surface area contributed by atoms with Gasteiger partial charge in [-0.3, -0.25) is 9.59 Å². The molecule has 2 aromatic carbocycles. The van der Waals surface area contributed by atoms with Crippen LogP contribution in [-0.2, 0) is 0 Å². The number of rotatable bonds is 3. The van der Waals surface area contributed by atoms with E-state index in [1.807, 2.05) is 6.07 Å². The van der Waals surface area contributed by atoms with Gasteiger partial charge in [0, 0.05) is 10.0 Å². The number of nitrogens with zero attached hydrogens (tertiary/aromatic N) is 2. The van der Waals surface area contributed by atoms with Crippen molar-refractivity contribution in [2.24, 2.45) is 5.10 Å². The molecule has 0 fully saturated rings. The Balaban J connectivity index is 1.93. The molecule has 0 atom stereocenters. The number of carbonyl (C=O) groups excluding carboxylic acids is 2. The van der Waals surface area contributed by atoms with Crippen molar-refractivity contribution in [1.82, 2.24) is 5.01 Å². The zero-order valence-electron chi connectivity index (χ0n) is 11.6. The smallest absolute Gasteiger partial charge is 0.282 e. The Labute approximate surface area is 135 Å². The third-order valence-electron chi connectivity index (χ3n) is 3.28. The molecule has 1 heterocycles. The van der Waals surface area contributed by atoms with Gasteiger partial charge in [0.2, 0.25) is 0 Å². The molecule has 0 saturated carbocycles. The summed E-state index contributed by atoms with van der Waals surface area (Å²) < 4.78 is 6.08. The minimum Gasteiger partial charge on any atom is -0.496 e. The molecule has 1 aliphatic rings. The van der Waals surface area contributed by atoms with Crippen molar-refractivity contribution < 1.29 is 14.3 Å². The normalized spacial score (nSPS) is 13.8. The van der Waals surface area contributed by atoms with E-state index in [4.69, 9.17) is 4.74 Å². The maximum atomic E-state index is 12.2. The summed E-state index contributed by atoms with van der Waals surface area (Å²) in [6, 6.07) is 12.1. The number of imide groups is 1. The maximum Gasteiger partial charge on any atom is 0.282 e. The molecule has 2 amide bonds. The van der Waals surface area contributed by atoms with Crippen LogP contribution in [0.1, 0.15) is 26.3 Å². The summed E-state index contributed by atoms with van der Waals surface area (Å²) in [5.41, 5.74) is 1.39. The van der Waals surface area contributed by atoms with Crippen LogP contribution < -0.4 is 4.74 Å². The number of benzene rings is 2. The molecule has 0 aliphatic carbocycles. The fourth-order valence-corrected chi connectivity index (χ4v) is 2.59. The standard InChI is InChI=1S/C16H11BrN2O3/c1-22-14-7-6-11(17)8-10(14)9-18-19-15(20)12-4-2-3-5-13(12)16(19)21/h2-9H,1H3. The molecule has 110 valence electrons. The zero-order valence-corrected chi connectivity index (χ0v) is 13.2. The minimum absolute atomic E-state index is 0.367. The van der Waals surface area contributed by atoms with Crippen molar-refractivity contribution in [3.63, 3.8) is 0 Å². The Morgan fingerprint density at radius 1 is 1.09 bits per heavy atom. The third kappa shape index (κ3) is 2.42. The summed E-state index contributed by atoms with van der Waals surface area (Å²) >= 11 is 3.36. The van der Waals surface area contributed by atoms with E-state index in [1.54, 1.807) is 43.5 Å². The van der Waals surface area contributed by atoms with Crippen LogP contribution in [0, 0.1) is 0 Å². The van der Waals surface area contributed by atoms with Crippen LogP contribution in [0.4, 0.5) is 0 Å². The summed E-state index contributed by atoms with van der Waals surface area (Å²) in [7, 11) is 1.54. The second-order valence-electron chi connectivity index (χ2n) is 4.60. The molecule has 3 rings (SSSR count). The number of methoxy groups -OCH3 is 1. The van der Waals surface area contributed by atoms with E-state index in [2.05, 4.69) is 21.0 Å². The lowest BCUT2D eigenvalue weighted by molar-refractivity contribution is 0.0660. The van der Waals surface area contributed by atoms with E-state index in [0.29, 0.717) is 22.4 Å². The first-order chi connectivity index (χ1) is 10.6. The van der Waals surface area contributed by atoms with Gasteiger partial charge in [0.05, 0.1) is 24.5 Å². The van der Waals surface area contributed by atoms with Crippen LogP contribution in [0.15, 0.2) is 52.0 Å². The molecule has 0 bridgehead atoms. The molecule has 0 saturated heterocycles. The number of fused-ring (bicyclic) bond motifs is 1. The predicted molar refractivity (Wildman–Crippen MR) is 85.2 cm³/mol. The summed E-state index contributed by atoms with van der Waals surface area (Å²) in [5.74, 6) is -0.250. The van der Waals surface area contributed by atoms with E-state index < -0.39 is 11.8 Å². The zero-order chi connectivity index (χ0) is 15.7. The Morgan fingerprint density at radius 3 is 2.32 bits per heavy atom. The second kappa shape index (κ2) is 5.73. The van der Waals surface area contributed by atoms with Crippen molar-refractivity contribution in [1.29, 1.82) is 0 Å². The van der Waals surface area contributed by atoms with Gasteiger partial charge >= 0.3 is 0 Å². The lowest BCUT2D eigenvalue weighted by Crippen LogP contribution is -2.24. The van der Waals surface area contributed by atoms with Crippen molar-refractivity contribution in [2.75, 3.05) is 7.11 Å². The highest BCUT2D eigenvalue weighted by Gasteiger charge is 2.35. The molecule has 0 aromatic heterocycles. The van der Waals surface area contributed by atoms with Crippen molar-refractivity contribution >= 4 is 34.0 Å². The van der Waals surface area contributed by atoms with Crippen LogP contribution >= 0.6 is 15.9 Å². The van der Waals surface area contributed by atoms with Gasteiger partial charge < -0.3 is 4.74 Å². The highest BCUT2D eigenvalue weighted by atomic mass is 79.9. The Bertz CT molecular complexity index is 767. The minimum atomic E-state index is -0.425. The van der Waals surface area contributed by atoms with Crippen molar-refractivity contribution in [3.05, 3.63) is 63.6 Å². The van der Waals surface area contributed by atoms with E-state index in [0.717, 1.165) is 9.48 Å². The van der Waals surface area contributed by atoms with Crippen LogP contribution in [0.5, 0.6) is 5.75 Å². The molecule has 22 heavy (non-hydrogen) atoms. The van der Waals surface area contributed by atoms with Gasteiger partial charge in [0.25, 0.3) is 11.8 Å².